The Morgan fingerprint density at radius 2 is 1.79 bits per heavy atom. The number of nitrogens with zero attached hydrogens (tertiary/aromatic N) is 2. The Bertz CT molecular complexity index is 1280. The van der Waals surface area contributed by atoms with E-state index in [9.17, 15) is 31.2 Å². The van der Waals surface area contributed by atoms with Crippen molar-refractivity contribution in [2.24, 2.45) is 0 Å². The quantitative estimate of drug-likeness (QED) is 0.493. The second-order valence-electron chi connectivity index (χ2n) is 6.77. The van der Waals surface area contributed by atoms with Gasteiger partial charge in [0.05, 0.1) is 39.1 Å². The van der Waals surface area contributed by atoms with E-state index >= 15 is 0 Å². The van der Waals surface area contributed by atoms with E-state index in [-0.39, 0.29) is 18.9 Å². The van der Waals surface area contributed by atoms with Crippen LogP contribution in [0.15, 0.2) is 34.5 Å². The molecule has 2 aromatic heterocycles. The lowest BCUT2D eigenvalue weighted by molar-refractivity contribution is -0.119. The van der Waals surface area contributed by atoms with Gasteiger partial charge in [-0.3, -0.25) is 9.59 Å². The summed E-state index contributed by atoms with van der Waals surface area (Å²) < 4.78 is 60.7. The highest BCUT2D eigenvalue weighted by molar-refractivity contribution is 7.92. The topological polar surface area (TPSA) is 118 Å². The van der Waals surface area contributed by atoms with E-state index in [0.717, 1.165) is 34.2 Å². The lowest BCUT2D eigenvalue weighted by Crippen LogP contribution is -2.23. The Kier molecular flexibility index (Phi) is 7.19. The predicted octanol–water partition coefficient (Wildman–Crippen LogP) is 3.69. The molecule has 0 aliphatic rings. The van der Waals surface area contributed by atoms with Crippen LogP contribution in [0, 0.1) is 6.92 Å². The maximum atomic E-state index is 12.6. The molecule has 176 valence electrons. The minimum absolute atomic E-state index is 0.186. The number of hydrogen-bond donors (Lipinski definition) is 2. The normalized spacial score (nSPS) is 11.9. The van der Waals surface area contributed by atoms with E-state index in [2.05, 4.69) is 20.6 Å². The van der Waals surface area contributed by atoms with Crippen molar-refractivity contribution in [2.45, 2.75) is 37.2 Å². The molecule has 0 saturated carbocycles. The molecule has 0 spiro atoms. The highest BCUT2D eigenvalue weighted by atomic mass is 32.2. The van der Waals surface area contributed by atoms with Crippen molar-refractivity contribution in [3.05, 3.63) is 45.9 Å². The molecule has 2 N–H and O–H groups in total. The molecule has 3 rings (SSSR count). The first-order chi connectivity index (χ1) is 15.4. The first kappa shape index (κ1) is 24.8. The zero-order chi connectivity index (χ0) is 24.4. The Morgan fingerprint density at radius 1 is 1.12 bits per heavy atom. The SMILES string of the molecule is CC(=O)NCc1nc(C)sc1-c1csc(NC(=O)Cc2ccc(S(=O)(=O)C(F)(F)F)cc2)n1. The van der Waals surface area contributed by atoms with E-state index in [1.54, 1.807) is 5.38 Å². The molecule has 0 bridgehead atoms. The molecule has 2 heterocycles. The molecule has 0 radical (unpaired) electrons. The third kappa shape index (κ3) is 5.94. The summed E-state index contributed by atoms with van der Waals surface area (Å²) in [5.41, 5.74) is -3.82. The Hall–Kier alpha value is -2.84. The fraction of sp³-hybridized carbons (Fsp3) is 0.263. The number of anilines is 1. The Morgan fingerprint density at radius 3 is 2.39 bits per heavy atom. The van der Waals surface area contributed by atoms with E-state index < -0.39 is 26.1 Å². The number of carbonyl (C=O) groups is 2. The molecule has 2 amide bonds. The summed E-state index contributed by atoms with van der Waals surface area (Å²) in [6, 6.07) is 3.94. The van der Waals surface area contributed by atoms with Crippen molar-refractivity contribution in [2.75, 3.05) is 5.32 Å². The van der Waals surface area contributed by atoms with Gasteiger partial charge in [-0.1, -0.05) is 12.1 Å². The minimum atomic E-state index is -5.44. The van der Waals surface area contributed by atoms with E-state index in [4.69, 9.17) is 0 Å². The number of amides is 2. The number of aryl methyl sites for hydroxylation is 1. The van der Waals surface area contributed by atoms with Gasteiger partial charge in [0.1, 0.15) is 0 Å². The molecule has 0 fully saturated rings. The molecule has 3 aromatic rings. The monoisotopic (exact) mass is 518 g/mol. The van der Waals surface area contributed by atoms with Crippen LogP contribution in [0.2, 0.25) is 0 Å². The summed E-state index contributed by atoms with van der Waals surface area (Å²) in [4.78, 5) is 32.1. The minimum Gasteiger partial charge on any atom is -0.351 e. The lowest BCUT2D eigenvalue weighted by atomic mass is 10.1. The van der Waals surface area contributed by atoms with Crippen LogP contribution in [0.4, 0.5) is 18.3 Å². The van der Waals surface area contributed by atoms with E-state index in [1.807, 2.05) is 6.92 Å². The van der Waals surface area contributed by atoms with Gasteiger partial charge in [-0.15, -0.1) is 22.7 Å². The van der Waals surface area contributed by atoms with Crippen molar-refractivity contribution in [1.29, 1.82) is 0 Å². The van der Waals surface area contributed by atoms with Gasteiger partial charge in [-0.25, -0.2) is 18.4 Å². The lowest BCUT2D eigenvalue weighted by Gasteiger charge is -2.08. The van der Waals surface area contributed by atoms with Crippen molar-refractivity contribution < 1.29 is 31.2 Å². The number of halogens is 3. The Balaban J connectivity index is 1.67. The van der Waals surface area contributed by atoms with Gasteiger partial charge in [0.15, 0.2) is 5.13 Å². The smallest absolute Gasteiger partial charge is 0.351 e. The molecule has 14 heteroatoms. The van der Waals surface area contributed by atoms with E-state index in [0.29, 0.717) is 22.1 Å². The number of alkyl halides is 3. The largest absolute Gasteiger partial charge is 0.501 e. The number of carbonyl (C=O) groups excluding carboxylic acids is 2. The van der Waals surface area contributed by atoms with Crippen LogP contribution in [0.3, 0.4) is 0 Å². The van der Waals surface area contributed by atoms with Crippen LogP contribution in [-0.2, 0) is 32.4 Å². The van der Waals surface area contributed by atoms with Crippen LogP contribution in [0.25, 0.3) is 10.6 Å². The zero-order valence-corrected chi connectivity index (χ0v) is 19.6. The number of benzene rings is 1. The number of hydrogen-bond acceptors (Lipinski definition) is 8. The highest BCUT2D eigenvalue weighted by Gasteiger charge is 2.46. The van der Waals surface area contributed by atoms with Gasteiger partial charge in [0.25, 0.3) is 9.84 Å². The highest BCUT2D eigenvalue weighted by Crippen LogP contribution is 2.33. The molecule has 0 aliphatic carbocycles. The Labute approximate surface area is 194 Å². The van der Waals surface area contributed by atoms with Gasteiger partial charge >= 0.3 is 5.51 Å². The summed E-state index contributed by atoms with van der Waals surface area (Å²) in [7, 11) is -5.44. The van der Waals surface area contributed by atoms with Crippen LogP contribution in [-0.4, -0.2) is 35.7 Å². The number of sulfone groups is 1. The van der Waals surface area contributed by atoms with Gasteiger partial charge in [-0.2, -0.15) is 13.2 Å². The van der Waals surface area contributed by atoms with Gasteiger partial charge < -0.3 is 10.6 Å². The molecule has 0 saturated heterocycles. The van der Waals surface area contributed by atoms with Crippen LogP contribution < -0.4 is 10.6 Å². The summed E-state index contributed by atoms with van der Waals surface area (Å²) >= 11 is 2.58. The second kappa shape index (κ2) is 9.57. The molecular weight excluding hydrogens is 501 g/mol. The van der Waals surface area contributed by atoms with Crippen LogP contribution in [0.1, 0.15) is 23.2 Å². The summed E-state index contributed by atoms with van der Waals surface area (Å²) in [5, 5.41) is 8.13. The first-order valence-electron chi connectivity index (χ1n) is 9.23. The van der Waals surface area contributed by atoms with Gasteiger partial charge in [0, 0.05) is 12.3 Å². The van der Waals surface area contributed by atoms with Crippen molar-refractivity contribution in [1.82, 2.24) is 15.3 Å². The maximum Gasteiger partial charge on any atom is 0.501 e. The summed E-state index contributed by atoms with van der Waals surface area (Å²) in [6.45, 7) is 3.47. The van der Waals surface area contributed by atoms with Gasteiger partial charge in [-0.05, 0) is 24.6 Å². The summed E-state index contributed by atoms with van der Waals surface area (Å²) in [6.07, 6.45) is -0.186. The van der Waals surface area contributed by atoms with Crippen molar-refractivity contribution in [3.63, 3.8) is 0 Å². The van der Waals surface area contributed by atoms with Crippen LogP contribution in [0.5, 0.6) is 0 Å². The molecular formula is C19H17F3N4O4S3. The van der Waals surface area contributed by atoms with Crippen molar-refractivity contribution in [3.8, 4) is 10.6 Å². The first-order valence-corrected chi connectivity index (χ1v) is 12.4. The third-order valence-electron chi connectivity index (χ3n) is 4.20. The van der Waals surface area contributed by atoms with Crippen LogP contribution >= 0.6 is 22.7 Å². The summed E-state index contributed by atoms with van der Waals surface area (Å²) in [5.74, 6) is -0.664. The number of nitrogens with one attached hydrogen (secondary N) is 2. The maximum absolute atomic E-state index is 12.6. The molecule has 0 aliphatic heterocycles. The second-order valence-corrected chi connectivity index (χ2v) is 10.8. The zero-order valence-electron chi connectivity index (χ0n) is 17.2. The molecule has 0 unspecified atom stereocenters. The number of aromatic nitrogens is 2. The predicted molar refractivity (Wildman–Crippen MR) is 117 cm³/mol. The molecule has 0 atom stereocenters. The number of thiazole rings is 2. The van der Waals surface area contributed by atoms with Crippen molar-refractivity contribution >= 4 is 49.5 Å². The average Bonchev–Trinajstić information content (AvgIpc) is 3.31. The average molecular weight is 519 g/mol. The fourth-order valence-corrected chi connectivity index (χ4v) is 5.15. The molecule has 1 aromatic carbocycles. The fourth-order valence-electron chi connectivity index (χ4n) is 2.70. The third-order valence-corrected chi connectivity index (χ3v) is 7.49. The number of rotatable bonds is 7. The van der Waals surface area contributed by atoms with Gasteiger partial charge in [0.2, 0.25) is 11.8 Å². The standard InChI is InChI=1S/C19H17F3N4O4S3/c1-10(27)23-8-14-17(32-11(2)24-14)15-9-31-18(25-15)26-16(28)7-12-3-5-13(6-4-12)33(29,30)19(20,21)22/h3-6,9H,7-8H2,1-2H3,(H,23,27)(H,25,26,28). The molecule has 8 nitrogen and oxygen atoms in total. The molecule has 33 heavy (non-hydrogen) atoms. The van der Waals surface area contributed by atoms with E-state index in [1.165, 1.54) is 29.6 Å².